The molecular weight excluding hydrogens is 360 g/mol. The number of hydrogen-bond acceptors (Lipinski definition) is 3. The first kappa shape index (κ1) is 15.8. The standard InChI is InChI=1S/C17H17BrN2O3/c1-10-3-4-13(7-11(10)2)20-9-12(8-16(20)21)19-17(22)14-5-6-15(18)23-14/h3-7,12H,8-9H2,1-2H3,(H,19,22)/t12-/m0/s1. The highest BCUT2D eigenvalue weighted by Gasteiger charge is 2.32. The third-order valence-electron chi connectivity index (χ3n) is 4.06. The van der Waals surface area contributed by atoms with Crippen LogP contribution in [-0.2, 0) is 4.79 Å². The average molecular weight is 377 g/mol. The highest BCUT2D eigenvalue weighted by Crippen LogP contribution is 2.24. The largest absolute Gasteiger partial charge is 0.444 e. The Morgan fingerprint density at radius 1 is 1.26 bits per heavy atom. The molecule has 2 amide bonds. The molecule has 0 radical (unpaired) electrons. The third kappa shape index (κ3) is 3.32. The van der Waals surface area contributed by atoms with Gasteiger partial charge in [0.05, 0.1) is 6.04 Å². The van der Waals surface area contributed by atoms with E-state index in [0.29, 0.717) is 17.6 Å². The predicted molar refractivity (Wildman–Crippen MR) is 90.5 cm³/mol. The fourth-order valence-electron chi connectivity index (χ4n) is 2.64. The molecule has 2 heterocycles. The van der Waals surface area contributed by atoms with E-state index in [1.54, 1.807) is 17.0 Å². The molecule has 1 atom stereocenters. The summed E-state index contributed by atoms with van der Waals surface area (Å²) in [5.41, 5.74) is 3.20. The molecule has 0 aliphatic carbocycles. The normalized spacial score (nSPS) is 17.6. The lowest BCUT2D eigenvalue weighted by Gasteiger charge is -2.18. The zero-order chi connectivity index (χ0) is 16.6. The molecule has 1 saturated heterocycles. The molecular formula is C17H17BrN2O3. The summed E-state index contributed by atoms with van der Waals surface area (Å²) in [6, 6.07) is 8.98. The van der Waals surface area contributed by atoms with Crippen molar-refractivity contribution in [1.82, 2.24) is 5.32 Å². The van der Waals surface area contributed by atoms with Gasteiger partial charge in [-0.2, -0.15) is 0 Å². The molecule has 5 nitrogen and oxygen atoms in total. The lowest BCUT2D eigenvalue weighted by Crippen LogP contribution is -2.37. The fourth-order valence-corrected chi connectivity index (χ4v) is 2.95. The number of rotatable bonds is 3. The first-order valence-corrected chi connectivity index (χ1v) is 8.17. The number of carbonyl (C=O) groups is 2. The Kier molecular flexibility index (Phi) is 4.26. The van der Waals surface area contributed by atoms with E-state index in [4.69, 9.17) is 4.42 Å². The smallest absolute Gasteiger partial charge is 0.287 e. The van der Waals surface area contributed by atoms with Crippen LogP contribution in [0.3, 0.4) is 0 Å². The molecule has 3 rings (SSSR count). The second-order valence-corrected chi connectivity index (χ2v) is 6.53. The number of aryl methyl sites for hydroxylation is 2. The second-order valence-electron chi connectivity index (χ2n) is 5.75. The lowest BCUT2D eigenvalue weighted by molar-refractivity contribution is -0.117. The van der Waals surface area contributed by atoms with Crippen LogP contribution in [0, 0.1) is 13.8 Å². The van der Waals surface area contributed by atoms with E-state index >= 15 is 0 Å². The Labute approximate surface area is 142 Å². The molecule has 1 aromatic heterocycles. The van der Waals surface area contributed by atoms with Gasteiger partial charge in [0.2, 0.25) is 5.91 Å². The Hall–Kier alpha value is -2.08. The summed E-state index contributed by atoms with van der Waals surface area (Å²) in [5.74, 6) is -0.0661. The van der Waals surface area contributed by atoms with Crippen LogP contribution < -0.4 is 10.2 Å². The van der Waals surface area contributed by atoms with Gasteiger partial charge in [0, 0.05) is 18.7 Å². The molecule has 1 aliphatic heterocycles. The van der Waals surface area contributed by atoms with Gasteiger partial charge in [0.25, 0.3) is 5.91 Å². The third-order valence-corrected chi connectivity index (χ3v) is 4.49. The zero-order valence-electron chi connectivity index (χ0n) is 12.9. The number of nitrogens with zero attached hydrogens (tertiary/aromatic N) is 1. The highest BCUT2D eigenvalue weighted by atomic mass is 79.9. The minimum absolute atomic E-state index is 0.0131. The molecule has 0 unspecified atom stereocenters. The van der Waals surface area contributed by atoms with Gasteiger partial charge in [0.15, 0.2) is 10.4 Å². The summed E-state index contributed by atoms with van der Waals surface area (Å²) >= 11 is 3.17. The average Bonchev–Trinajstić information content (AvgIpc) is 3.08. The van der Waals surface area contributed by atoms with Crippen molar-refractivity contribution in [3.05, 3.63) is 51.9 Å². The van der Waals surface area contributed by atoms with Crippen LogP contribution in [0.5, 0.6) is 0 Å². The van der Waals surface area contributed by atoms with Crippen LogP contribution in [-0.4, -0.2) is 24.4 Å². The Morgan fingerprint density at radius 3 is 2.70 bits per heavy atom. The number of nitrogens with one attached hydrogen (secondary N) is 1. The van der Waals surface area contributed by atoms with Crippen molar-refractivity contribution in [2.75, 3.05) is 11.4 Å². The summed E-state index contributed by atoms with van der Waals surface area (Å²) in [6.07, 6.45) is 0.292. The van der Waals surface area contributed by atoms with Gasteiger partial charge >= 0.3 is 0 Å². The Morgan fingerprint density at radius 2 is 2.04 bits per heavy atom. The predicted octanol–water partition coefficient (Wildman–Crippen LogP) is 3.19. The molecule has 0 saturated carbocycles. The van der Waals surface area contributed by atoms with Crippen molar-refractivity contribution in [3.63, 3.8) is 0 Å². The van der Waals surface area contributed by atoms with Gasteiger partial charge in [-0.1, -0.05) is 6.07 Å². The summed E-state index contributed by atoms with van der Waals surface area (Å²) in [5, 5.41) is 2.85. The van der Waals surface area contributed by atoms with Crippen LogP contribution in [0.4, 0.5) is 5.69 Å². The van der Waals surface area contributed by atoms with E-state index in [-0.39, 0.29) is 23.6 Å². The number of anilines is 1. The lowest BCUT2D eigenvalue weighted by atomic mass is 10.1. The van der Waals surface area contributed by atoms with Crippen LogP contribution in [0.25, 0.3) is 0 Å². The topological polar surface area (TPSA) is 62.6 Å². The molecule has 1 aliphatic rings. The summed E-state index contributed by atoms with van der Waals surface area (Å²) in [7, 11) is 0. The number of furan rings is 1. The number of amides is 2. The molecule has 23 heavy (non-hydrogen) atoms. The fraction of sp³-hybridized carbons (Fsp3) is 0.294. The van der Waals surface area contributed by atoms with Gasteiger partial charge in [0.1, 0.15) is 0 Å². The van der Waals surface area contributed by atoms with Crippen LogP contribution in [0.2, 0.25) is 0 Å². The van der Waals surface area contributed by atoms with Crippen molar-refractivity contribution in [3.8, 4) is 0 Å². The minimum Gasteiger partial charge on any atom is -0.444 e. The van der Waals surface area contributed by atoms with E-state index in [2.05, 4.69) is 21.2 Å². The van der Waals surface area contributed by atoms with Crippen molar-refractivity contribution in [2.45, 2.75) is 26.3 Å². The molecule has 0 bridgehead atoms. The second kappa shape index (κ2) is 6.20. The van der Waals surface area contributed by atoms with Gasteiger partial charge in [-0.25, -0.2) is 0 Å². The van der Waals surface area contributed by atoms with Gasteiger partial charge in [-0.05, 0) is 65.2 Å². The van der Waals surface area contributed by atoms with E-state index in [1.165, 1.54) is 5.56 Å². The van der Waals surface area contributed by atoms with Gasteiger partial charge < -0.3 is 14.6 Å². The quantitative estimate of drug-likeness (QED) is 0.894. The molecule has 1 aromatic carbocycles. The number of carbonyl (C=O) groups excluding carboxylic acids is 2. The number of halogens is 1. The first-order valence-electron chi connectivity index (χ1n) is 7.38. The number of benzene rings is 1. The Balaban J connectivity index is 1.69. The minimum atomic E-state index is -0.310. The molecule has 120 valence electrons. The van der Waals surface area contributed by atoms with E-state index in [0.717, 1.165) is 11.3 Å². The maximum absolute atomic E-state index is 12.2. The van der Waals surface area contributed by atoms with Crippen molar-refractivity contribution >= 4 is 33.4 Å². The van der Waals surface area contributed by atoms with E-state index in [9.17, 15) is 9.59 Å². The highest BCUT2D eigenvalue weighted by molar-refractivity contribution is 9.10. The van der Waals surface area contributed by atoms with E-state index in [1.807, 2.05) is 32.0 Å². The van der Waals surface area contributed by atoms with Crippen LogP contribution >= 0.6 is 15.9 Å². The number of hydrogen-bond donors (Lipinski definition) is 1. The summed E-state index contributed by atoms with van der Waals surface area (Å²) in [4.78, 5) is 26.1. The van der Waals surface area contributed by atoms with Crippen LogP contribution in [0.15, 0.2) is 39.4 Å². The maximum atomic E-state index is 12.2. The van der Waals surface area contributed by atoms with Crippen LogP contribution in [0.1, 0.15) is 28.1 Å². The molecule has 1 fully saturated rings. The maximum Gasteiger partial charge on any atom is 0.287 e. The zero-order valence-corrected chi connectivity index (χ0v) is 14.5. The first-order chi connectivity index (χ1) is 10.9. The monoisotopic (exact) mass is 376 g/mol. The molecule has 0 spiro atoms. The van der Waals surface area contributed by atoms with Gasteiger partial charge in [-0.3, -0.25) is 9.59 Å². The SMILES string of the molecule is Cc1ccc(N2C[C@@H](NC(=O)c3ccc(Br)o3)CC2=O)cc1C. The molecule has 6 heteroatoms. The van der Waals surface area contributed by atoms with E-state index < -0.39 is 0 Å². The van der Waals surface area contributed by atoms with Crippen molar-refractivity contribution in [1.29, 1.82) is 0 Å². The molecule has 2 aromatic rings. The summed E-state index contributed by atoms with van der Waals surface area (Å²) < 4.78 is 5.73. The summed E-state index contributed by atoms with van der Waals surface area (Å²) in [6.45, 7) is 4.53. The Bertz CT molecular complexity index is 769. The molecule has 1 N–H and O–H groups in total. The van der Waals surface area contributed by atoms with Crippen molar-refractivity contribution in [2.24, 2.45) is 0 Å². The van der Waals surface area contributed by atoms with Crippen molar-refractivity contribution < 1.29 is 14.0 Å². The van der Waals surface area contributed by atoms with Gasteiger partial charge in [-0.15, -0.1) is 0 Å².